The Kier molecular flexibility index (Phi) is 2.27. The van der Waals surface area contributed by atoms with Crippen molar-refractivity contribution in [2.24, 2.45) is 4.99 Å². The largest absolute Gasteiger partial charge is 0.289 e. The Hall–Kier alpha value is -1.70. The van der Waals surface area contributed by atoms with Crippen molar-refractivity contribution in [2.45, 2.75) is 13.3 Å². The highest BCUT2D eigenvalue weighted by Crippen LogP contribution is 2.15. The minimum atomic E-state index is 0.0891. The first kappa shape index (κ1) is 8.88. The number of hydrogen-bond donors (Lipinski definition) is 0. The van der Waals surface area contributed by atoms with Crippen LogP contribution in [0.1, 0.15) is 22.3 Å². The first-order chi connectivity index (χ1) is 6.77. The van der Waals surface area contributed by atoms with Gasteiger partial charge in [0.25, 0.3) is 0 Å². The fourth-order valence-electron chi connectivity index (χ4n) is 1.47. The minimum Gasteiger partial charge on any atom is -0.289 e. The molecule has 70 valence electrons. The van der Waals surface area contributed by atoms with Crippen LogP contribution in [0.25, 0.3) is 0 Å². The van der Waals surface area contributed by atoms with E-state index in [1.54, 1.807) is 12.4 Å². The Bertz CT molecular complexity index is 430. The second-order valence-electron chi connectivity index (χ2n) is 3.39. The van der Waals surface area contributed by atoms with Gasteiger partial charge >= 0.3 is 0 Å². The third-order valence-electron chi connectivity index (χ3n) is 2.22. The van der Waals surface area contributed by atoms with Gasteiger partial charge in [-0.3, -0.25) is 9.79 Å². The van der Waals surface area contributed by atoms with Crippen molar-refractivity contribution in [3.63, 3.8) is 0 Å². The number of aliphatic imine (C=N–C) groups is 1. The molecule has 0 N–H and O–H groups in total. The zero-order valence-electron chi connectivity index (χ0n) is 8.03. The highest BCUT2D eigenvalue weighted by Gasteiger charge is 2.13. The maximum atomic E-state index is 11.9. The first-order valence-corrected chi connectivity index (χ1v) is 4.59. The maximum absolute atomic E-state index is 11.9. The lowest BCUT2D eigenvalue weighted by Gasteiger charge is -2.01. The Morgan fingerprint density at radius 1 is 1.43 bits per heavy atom. The molecule has 2 nitrogen and oxygen atoms in total. The molecule has 2 rings (SSSR count). The van der Waals surface area contributed by atoms with E-state index >= 15 is 0 Å². The maximum Gasteiger partial charge on any atom is 0.190 e. The summed E-state index contributed by atoms with van der Waals surface area (Å²) >= 11 is 0. The molecule has 0 saturated carbocycles. The molecule has 0 amide bonds. The Morgan fingerprint density at radius 2 is 2.29 bits per heavy atom. The van der Waals surface area contributed by atoms with Crippen molar-refractivity contribution in [3.05, 3.63) is 47.2 Å². The second kappa shape index (κ2) is 3.58. The van der Waals surface area contributed by atoms with Crippen LogP contribution in [0.5, 0.6) is 0 Å². The van der Waals surface area contributed by atoms with Gasteiger partial charge in [-0.1, -0.05) is 23.8 Å². The summed E-state index contributed by atoms with van der Waals surface area (Å²) in [7, 11) is 0. The van der Waals surface area contributed by atoms with E-state index in [-0.39, 0.29) is 5.78 Å². The van der Waals surface area contributed by atoms with E-state index in [9.17, 15) is 4.79 Å². The number of rotatable bonds is 2. The molecular formula is C12H11NO. The number of ketones is 1. The Labute approximate surface area is 83.0 Å². The van der Waals surface area contributed by atoms with Gasteiger partial charge in [-0.25, -0.2) is 0 Å². The van der Waals surface area contributed by atoms with E-state index in [1.807, 2.05) is 31.2 Å². The number of benzene rings is 1. The SMILES string of the molecule is Cc1cccc(C(=O)C2=CN=CC2)c1. The standard InChI is InChI=1S/C12H11NO/c1-9-3-2-4-10(7-9)12(14)11-5-6-13-8-11/h2-4,6-8H,5H2,1H3. The quantitative estimate of drug-likeness (QED) is 0.651. The highest BCUT2D eigenvalue weighted by molar-refractivity contribution is 6.11. The molecule has 14 heavy (non-hydrogen) atoms. The number of allylic oxidation sites excluding steroid dienone is 1. The Balaban J connectivity index is 2.27. The van der Waals surface area contributed by atoms with Crippen molar-refractivity contribution in [2.75, 3.05) is 0 Å². The van der Waals surface area contributed by atoms with Crippen LogP contribution in [0.3, 0.4) is 0 Å². The van der Waals surface area contributed by atoms with Gasteiger partial charge in [-0.15, -0.1) is 0 Å². The molecule has 1 heterocycles. The van der Waals surface area contributed by atoms with Crippen LogP contribution in [-0.4, -0.2) is 12.0 Å². The molecule has 0 atom stereocenters. The van der Waals surface area contributed by atoms with Crippen LogP contribution in [0, 0.1) is 6.92 Å². The number of carbonyl (C=O) groups excluding carboxylic acids is 1. The van der Waals surface area contributed by atoms with Crippen molar-refractivity contribution in [1.82, 2.24) is 0 Å². The van der Waals surface area contributed by atoms with E-state index in [0.29, 0.717) is 6.42 Å². The number of aryl methyl sites for hydroxylation is 1. The normalized spacial score (nSPS) is 14.2. The predicted octanol–water partition coefficient (Wildman–Crippen LogP) is 2.54. The Morgan fingerprint density at radius 3 is 2.93 bits per heavy atom. The van der Waals surface area contributed by atoms with Gasteiger partial charge in [0.1, 0.15) is 0 Å². The third kappa shape index (κ3) is 1.64. The molecule has 1 aliphatic heterocycles. The van der Waals surface area contributed by atoms with Crippen LogP contribution in [0.15, 0.2) is 41.0 Å². The smallest absolute Gasteiger partial charge is 0.190 e. The van der Waals surface area contributed by atoms with Gasteiger partial charge in [0.05, 0.1) is 0 Å². The fraction of sp³-hybridized carbons (Fsp3) is 0.167. The molecule has 0 fully saturated rings. The summed E-state index contributed by atoms with van der Waals surface area (Å²) in [4.78, 5) is 15.8. The van der Waals surface area contributed by atoms with Gasteiger partial charge in [0.15, 0.2) is 5.78 Å². The van der Waals surface area contributed by atoms with Crippen molar-refractivity contribution >= 4 is 12.0 Å². The van der Waals surface area contributed by atoms with Gasteiger partial charge in [-0.2, -0.15) is 0 Å². The molecule has 0 radical (unpaired) electrons. The lowest BCUT2D eigenvalue weighted by Crippen LogP contribution is -2.02. The summed E-state index contributed by atoms with van der Waals surface area (Å²) in [6.07, 6.45) is 4.06. The minimum absolute atomic E-state index is 0.0891. The van der Waals surface area contributed by atoms with Gasteiger partial charge in [0, 0.05) is 30.0 Å². The lowest BCUT2D eigenvalue weighted by atomic mass is 10.0. The molecule has 1 aromatic carbocycles. The molecule has 0 aliphatic carbocycles. The van der Waals surface area contributed by atoms with E-state index < -0.39 is 0 Å². The van der Waals surface area contributed by atoms with Crippen molar-refractivity contribution in [3.8, 4) is 0 Å². The van der Waals surface area contributed by atoms with Crippen LogP contribution < -0.4 is 0 Å². The van der Waals surface area contributed by atoms with Gasteiger partial charge in [0.2, 0.25) is 0 Å². The molecule has 0 bridgehead atoms. The first-order valence-electron chi connectivity index (χ1n) is 4.59. The number of carbonyl (C=O) groups is 1. The molecule has 1 aliphatic rings. The van der Waals surface area contributed by atoms with Gasteiger partial charge < -0.3 is 0 Å². The third-order valence-corrected chi connectivity index (χ3v) is 2.22. The van der Waals surface area contributed by atoms with Gasteiger partial charge in [-0.05, 0) is 13.0 Å². The summed E-state index contributed by atoms with van der Waals surface area (Å²) < 4.78 is 0. The van der Waals surface area contributed by atoms with Crippen LogP contribution in [0.2, 0.25) is 0 Å². The average molecular weight is 185 g/mol. The fourth-order valence-corrected chi connectivity index (χ4v) is 1.47. The van der Waals surface area contributed by atoms with E-state index in [2.05, 4.69) is 4.99 Å². The summed E-state index contributed by atoms with van der Waals surface area (Å²) in [5, 5.41) is 0. The molecule has 0 saturated heterocycles. The summed E-state index contributed by atoms with van der Waals surface area (Å²) in [6.45, 7) is 1.98. The van der Waals surface area contributed by atoms with E-state index in [4.69, 9.17) is 0 Å². The van der Waals surface area contributed by atoms with Crippen LogP contribution >= 0.6 is 0 Å². The van der Waals surface area contributed by atoms with E-state index in [0.717, 1.165) is 16.7 Å². The molecular weight excluding hydrogens is 174 g/mol. The lowest BCUT2D eigenvalue weighted by molar-refractivity contribution is 0.103. The second-order valence-corrected chi connectivity index (χ2v) is 3.39. The molecule has 0 spiro atoms. The summed E-state index contributed by atoms with van der Waals surface area (Å²) in [5.41, 5.74) is 2.63. The zero-order chi connectivity index (χ0) is 9.97. The topological polar surface area (TPSA) is 29.4 Å². The molecule has 1 aromatic rings. The van der Waals surface area contributed by atoms with Crippen molar-refractivity contribution < 1.29 is 4.79 Å². The highest BCUT2D eigenvalue weighted by atomic mass is 16.1. The number of hydrogen-bond acceptors (Lipinski definition) is 2. The van der Waals surface area contributed by atoms with E-state index in [1.165, 1.54) is 0 Å². The number of nitrogens with zero attached hydrogens (tertiary/aromatic N) is 1. The van der Waals surface area contributed by atoms with Crippen LogP contribution in [0.4, 0.5) is 0 Å². The average Bonchev–Trinajstić information content (AvgIpc) is 2.69. The molecule has 0 unspecified atom stereocenters. The summed E-state index contributed by atoms with van der Waals surface area (Å²) in [5.74, 6) is 0.0891. The van der Waals surface area contributed by atoms with Crippen LogP contribution in [-0.2, 0) is 0 Å². The molecule has 0 aromatic heterocycles. The molecule has 2 heteroatoms. The van der Waals surface area contributed by atoms with Crippen molar-refractivity contribution in [1.29, 1.82) is 0 Å². The zero-order valence-corrected chi connectivity index (χ0v) is 8.03. The number of Topliss-reactive ketones (excluding diaryl/α,β-unsaturated/α-hetero) is 1. The predicted molar refractivity (Wildman–Crippen MR) is 56.7 cm³/mol. The summed E-state index contributed by atoms with van der Waals surface area (Å²) in [6, 6.07) is 7.63. The monoisotopic (exact) mass is 185 g/mol.